The number of halogens is 1. The van der Waals surface area contributed by atoms with Gasteiger partial charge in [-0.2, -0.15) is 0 Å². The summed E-state index contributed by atoms with van der Waals surface area (Å²) in [6, 6.07) is 14.6. The highest BCUT2D eigenvalue weighted by Crippen LogP contribution is 2.49. The molecule has 2 aromatic rings. The molecule has 0 amide bonds. The normalized spacial score (nSPS) is 27.4. The molecule has 2 heterocycles. The lowest BCUT2D eigenvalue weighted by Crippen LogP contribution is -2.52. The molecule has 2 unspecified atom stereocenters. The molecule has 3 aliphatic rings. The van der Waals surface area contributed by atoms with E-state index in [0.717, 1.165) is 24.3 Å². The van der Waals surface area contributed by atoms with Gasteiger partial charge in [0, 0.05) is 35.6 Å². The minimum Gasteiger partial charge on any atom is -0.384 e. The van der Waals surface area contributed by atoms with Crippen molar-refractivity contribution >= 4 is 23.1 Å². The SMILES string of the molecule is NC1=Nc2ccc(Cl)cc2C1(O)C1CN(C2CCCCCCCCC2)Cc2ccccc21. The number of aliphatic imine (C=N–C) groups is 1. The van der Waals surface area contributed by atoms with Crippen molar-refractivity contribution in [3.05, 3.63) is 64.2 Å². The van der Waals surface area contributed by atoms with Crippen LogP contribution in [0.25, 0.3) is 0 Å². The Kier molecular flexibility index (Phi) is 6.28. The van der Waals surface area contributed by atoms with Gasteiger partial charge in [0.25, 0.3) is 0 Å². The van der Waals surface area contributed by atoms with Crippen LogP contribution in [0.2, 0.25) is 5.02 Å². The van der Waals surface area contributed by atoms with Crippen molar-refractivity contribution in [3.8, 4) is 0 Å². The lowest BCUT2D eigenvalue weighted by atomic mass is 9.73. The van der Waals surface area contributed by atoms with Gasteiger partial charge in [0.05, 0.1) is 5.69 Å². The van der Waals surface area contributed by atoms with Gasteiger partial charge in [-0.1, -0.05) is 80.8 Å². The monoisotopic (exact) mass is 451 g/mol. The van der Waals surface area contributed by atoms with Crippen LogP contribution in [0.15, 0.2) is 47.5 Å². The number of benzene rings is 2. The van der Waals surface area contributed by atoms with Gasteiger partial charge in [0.15, 0.2) is 5.60 Å². The average molecular weight is 452 g/mol. The van der Waals surface area contributed by atoms with Gasteiger partial charge in [-0.25, -0.2) is 4.99 Å². The second-order valence-corrected chi connectivity index (χ2v) is 10.2. The van der Waals surface area contributed by atoms with E-state index in [0.29, 0.717) is 11.1 Å². The summed E-state index contributed by atoms with van der Waals surface area (Å²) >= 11 is 6.34. The highest BCUT2D eigenvalue weighted by molar-refractivity contribution is 6.30. The minimum absolute atomic E-state index is 0.175. The first-order valence-electron chi connectivity index (χ1n) is 12.3. The van der Waals surface area contributed by atoms with E-state index < -0.39 is 5.60 Å². The molecule has 5 heteroatoms. The Hall–Kier alpha value is -1.88. The molecule has 1 aliphatic carbocycles. The number of amidine groups is 1. The number of nitrogens with zero attached hydrogens (tertiary/aromatic N) is 2. The minimum atomic E-state index is -1.34. The van der Waals surface area contributed by atoms with E-state index in [4.69, 9.17) is 17.3 Å². The molecule has 1 saturated carbocycles. The summed E-state index contributed by atoms with van der Waals surface area (Å²) in [6.07, 6.45) is 11.8. The van der Waals surface area contributed by atoms with E-state index in [2.05, 4.69) is 34.2 Å². The zero-order valence-electron chi connectivity index (χ0n) is 18.8. The topological polar surface area (TPSA) is 61.9 Å². The number of hydrogen-bond donors (Lipinski definition) is 2. The quantitative estimate of drug-likeness (QED) is 0.586. The molecule has 2 atom stereocenters. The maximum Gasteiger partial charge on any atom is 0.157 e. The average Bonchev–Trinajstić information content (AvgIpc) is 3.07. The molecule has 1 fully saturated rings. The first-order chi connectivity index (χ1) is 15.6. The highest BCUT2D eigenvalue weighted by atomic mass is 35.5. The number of aliphatic hydroxyl groups is 1. The van der Waals surface area contributed by atoms with Crippen molar-refractivity contribution < 1.29 is 5.11 Å². The van der Waals surface area contributed by atoms with Crippen LogP contribution in [0, 0.1) is 0 Å². The molecule has 170 valence electrons. The van der Waals surface area contributed by atoms with E-state index in [1.54, 1.807) is 0 Å². The van der Waals surface area contributed by atoms with E-state index in [1.807, 2.05) is 18.2 Å². The van der Waals surface area contributed by atoms with E-state index in [-0.39, 0.29) is 11.8 Å². The lowest BCUT2D eigenvalue weighted by molar-refractivity contribution is 0.0379. The van der Waals surface area contributed by atoms with Crippen molar-refractivity contribution in [1.82, 2.24) is 4.90 Å². The molecule has 32 heavy (non-hydrogen) atoms. The van der Waals surface area contributed by atoms with Crippen LogP contribution >= 0.6 is 11.6 Å². The fourth-order valence-corrected chi connectivity index (χ4v) is 6.23. The Morgan fingerprint density at radius 2 is 1.66 bits per heavy atom. The molecule has 0 spiro atoms. The van der Waals surface area contributed by atoms with Crippen LogP contribution in [-0.2, 0) is 12.1 Å². The van der Waals surface area contributed by atoms with Crippen LogP contribution < -0.4 is 5.73 Å². The molecule has 0 aromatic heterocycles. The Balaban J connectivity index is 1.51. The summed E-state index contributed by atoms with van der Waals surface area (Å²) in [7, 11) is 0. The van der Waals surface area contributed by atoms with Crippen molar-refractivity contribution in [2.75, 3.05) is 6.54 Å². The molecule has 4 nitrogen and oxygen atoms in total. The molecule has 0 saturated heterocycles. The number of fused-ring (bicyclic) bond motifs is 2. The number of hydrogen-bond acceptors (Lipinski definition) is 4. The summed E-state index contributed by atoms with van der Waals surface area (Å²) in [5.41, 5.74) is 9.03. The van der Waals surface area contributed by atoms with Crippen molar-refractivity contribution in [3.63, 3.8) is 0 Å². The van der Waals surface area contributed by atoms with Gasteiger partial charge in [-0.3, -0.25) is 4.90 Å². The molecule has 0 bridgehead atoms. The highest BCUT2D eigenvalue weighted by Gasteiger charge is 2.50. The third-order valence-electron chi connectivity index (χ3n) is 7.82. The Bertz CT molecular complexity index is 996. The molecular formula is C27H34ClN3O. The summed E-state index contributed by atoms with van der Waals surface area (Å²) in [4.78, 5) is 7.16. The Morgan fingerprint density at radius 3 is 2.41 bits per heavy atom. The van der Waals surface area contributed by atoms with Gasteiger partial charge in [0.2, 0.25) is 0 Å². The Morgan fingerprint density at radius 1 is 0.969 bits per heavy atom. The number of nitrogens with two attached hydrogens (primary N) is 1. The maximum absolute atomic E-state index is 12.2. The van der Waals surface area contributed by atoms with Gasteiger partial charge in [-0.05, 0) is 42.2 Å². The zero-order valence-corrected chi connectivity index (χ0v) is 19.5. The van der Waals surface area contributed by atoms with Gasteiger partial charge in [0.1, 0.15) is 5.84 Å². The summed E-state index contributed by atoms with van der Waals surface area (Å²) in [6.45, 7) is 1.72. The molecular weight excluding hydrogens is 418 g/mol. The number of rotatable bonds is 2. The molecule has 0 radical (unpaired) electrons. The van der Waals surface area contributed by atoms with Crippen molar-refractivity contribution in [2.24, 2.45) is 10.7 Å². The fourth-order valence-electron chi connectivity index (χ4n) is 6.05. The Labute approximate surface area is 196 Å². The summed E-state index contributed by atoms with van der Waals surface area (Å²) in [5, 5.41) is 12.8. The predicted octanol–water partition coefficient (Wildman–Crippen LogP) is 6.02. The molecule has 2 aliphatic heterocycles. The summed E-state index contributed by atoms with van der Waals surface area (Å²) < 4.78 is 0. The van der Waals surface area contributed by atoms with Gasteiger partial charge >= 0.3 is 0 Å². The van der Waals surface area contributed by atoms with E-state index in [9.17, 15) is 5.11 Å². The third-order valence-corrected chi connectivity index (χ3v) is 8.05. The van der Waals surface area contributed by atoms with Crippen LogP contribution in [0.4, 0.5) is 5.69 Å². The van der Waals surface area contributed by atoms with Gasteiger partial charge < -0.3 is 10.8 Å². The summed E-state index contributed by atoms with van der Waals surface area (Å²) in [5.74, 6) is 0.105. The third kappa shape index (κ3) is 3.98. The van der Waals surface area contributed by atoms with Gasteiger partial charge in [-0.15, -0.1) is 0 Å². The van der Waals surface area contributed by atoms with E-state index >= 15 is 0 Å². The maximum atomic E-state index is 12.2. The zero-order chi connectivity index (χ0) is 22.1. The second-order valence-electron chi connectivity index (χ2n) is 9.81. The van der Waals surface area contributed by atoms with Crippen LogP contribution in [0.5, 0.6) is 0 Å². The smallest absolute Gasteiger partial charge is 0.157 e. The second kappa shape index (κ2) is 9.17. The first-order valence-corrected chi connectivity index (χ1v) is 12.6. The molecule has 5 rings (SSSR count). The predicted molar refractivity (Wildman–Crippen MR) is 132 cm³/mol. The van der Waals surface area contributed by atoms with Crippen molar-refractivity contribution in [1.29, 1.82) is 0 Å². The van der Waals surface area contributed by atoms with Crippen molar-refractivity contribution in [2.45, 2.75) is 81.9 Å². The molecule has 2 aromatic carbocycles. The first kappa shape index (κ1) is 21.9. The van der Waals surface area contributed by atoms with E-state index in [1.165, 1.54) is 68.9 Å². The fraction of sp³-hybridized carbons (Fsp3) is 0.519. The van der Waals surface area contributed by atoms with Crippen LogP contribution in [-0.4, -0.2) is 28.4 Å². The lowest BCUT2D eigenvalue weighted by Gasteiger charge is -2.45. The largest absolute Gasteiger partial charge is 0.384 e. The molecule has 3 N–H and O–H groups in total. The van der Waals surface area contributed by atoms with Crippen LogP contribution in [0.1, 0.15) is 80.4 Å². The standard InChI is InChI=1S/C27H34ClN3O/c28-20-14-15-25-23(16-20)27(32,26(29)30-25)24-18-31(17-19-10-8-9-13-22(19)24)21-11-6-4-2-1-3-5-7-12-21/h8-10,13-16,21,24,32H,1-7,11-12,17-18H2,(H2,29,30). The van der Waals surface area contributed by atoms with Crippen LogP contribution in [0.3, 0.4) is 0 Å².